The maximum atomic E-state index is 5.53. The molecule has 0 saturated heterocycles. The van der Waals surface area contributed by atoms with Crippen LogP contribution in [-0.4, -0.2) is 25.7 Å². The first-order valence-corrected chi connectivity index (χ1v) is 3.83. The zero-order valence-corrected chi connectivity index (χ0v) is 6.93. The van der Waals surface area contributed by atoms with Gasteiger partial charge in [-0.25, -0.2) is 0 Å². The Balaban J connectivity index is 3.03. The predicted octanol–water partition coefficient (Wildman–Crippen LogP) is -0.482. The zero-order chi connectivity index (χ0) is 7.98. The fourth-order valence-electron chi connectivity index (χ4n) is 0.641. The lowest BCUT2D eigenvalue weighted by Crippen LogP contribution is -2.35. The Kier molecular flexibility index (Phi) is 5.58. The van der Waals surface area contributed by atoms with Gasteiger partial charge in [0.2, 0.25) is 0 Å². The molecule has 0 rings (SSSR count). The van der Waals surface area contributed by atoms with Gasteiger partial charge in [0.25, 0.3) is 0 Å². The van der Waals surface area contributed by atoms with Gasteiger partial charge in [-0.15, -0.1) is 0 Å². The van der Waals surface area contributed by atoms with Crippen LogP contribution >= 0.6 is 0 Å². The first kappa shape index (κ1) is 9.88. The highest BCUT2D eigenvalue weighted by Gasteiger charge is 1.98. The molecule has 0 saturated carbocycles. The van der Waals surface area contributed by atoms with Gasteiger partial charge in [0, 0.05) is 12.6 Å². The molecule has 10 heavy (non-hydrogen) atoms. The summed E-state index contributed by atoms with van der Waals surface area (Å²) in [4.78, 5) is 0. The highest BCUT2D eigenvalue weighted by Crippen LogP contribution is 1.86. The van der Waals surface area contributed by atoms with Gasteiger partial charge in [-0.05, 0) is 25.9 Å². The average molecular weight is 145 g/mol. The van der Waals surface area contributed by atoms with Gasteiger partial charge in [0.05, 0.1) is 0 Å². The summed E-state index contributed by atoms with van der Waals surface area (Å²) in [5.41, 5.74) is 10.9. The van der Waals surface area contributed by atoms with Crippen LogP contribution in [0.25, 0.3) is 0 Å². The quantitative estimate of drug-likeness (QED) is 0.489. The Morgan fingerprint density at radius 3 is 2.30 bits per heavy atom. The van der Waals surface area contributed by atoms with Crippen LogP contribution in [0.4, 0.5) is 0 Å². The lowest BCUT2D eigenvalue weighted by atomic mass is 10.2. The molecule has 0 spiro atoms. The number of rotatable bonds is 5. The number of hydrogen-bond acceptors (Lipinski definition) is 3. The fraction of sp³-hybridized carbons (Fsp3) is 1.00. The van der Waals surface area contributed by atoms with E-state index in [0.29, 0.717) is 5.92 Å². The third-order valence-corrected chi connectivity index (χ3v) is 1.36. The smallest absolute Gasteiger partial charge is 0.0136 e. The third-order valence-electron chi connectivity index (χ3n) is 1.36. The zero-order valence-electron chi connectivity index (χ0n) is 6.93. The molecule has 0 amide bonds. The first-order valence-electron chi connectivity index (χ1n) is 3.83. The first-order chi connectivity index (χ1) is 4.66. The predicted molar refractivity (Wildman–Crippen MR) is 44.7 cm³/mol. The Labute approximate surface area is 63.2 Å². The monoisotopic (exact) mass is 145 g/mol. The van der Waals surface area contributed by atoms with Gasteiger partial charge in [-0.1, -0.05) is 6.92 Å². The molecule has 0 aliphatic carbocycles. The van der Waals surface area contributed by atoms with E-state index in [1.807, 2.05) is 6.92 Å². The molecule has 0 radical (unpaired) electrons. The lowest BCUT2D eigenvalue weighted by Gasteiger charge is -2.11. The standard InChI is InChI=1S/C7H19N3/c1-6(3-8)4-10-5-7(2)9/h6-7,10H,3-5,8-9H2,1-2H3. The van der Waals surface area contributed by atoms with Gasteiger partial charge < -0.3 is 16.8 Å². The van der Waals surface area contributed by atoms with E-state index in [1.165, 1.54) is 0 Å². The Morgan fingerprint density at radius 1 is 1.30 bits per heavy atom. The average Bonchev–Trinajstić information content (AvgIpc) is 1.87. The van der Waals surface area contributed by atoms with Crippen LogP contribution in [0.2, 0.25) is 0 Å². The van der Waals surface area contributed by atoms with Gasteiger partial charge in [-0.3, -0.25) is 0 Å². The van der Waals surface area contributed by atoms with Crippen LogP contribution in [0.15, 0.2) is 0 Å². The third kappa shape index (κ3) is 6.01. The van der Waals surface area contributed by atoms with Crippen molar-refractivity contribution in [2.75, 3.05) is 19.6 Å². The lowest BCUT2D eigenvalue weighted by molar-refractivity contribution is 0.504. The van der Waals surface area contributed by atoms with Crippen molar-refractivity contribution in [1.82, 2.24) is 5.32 Å². The largest absolute Gasteiger partial charge is 0.330 e. The molecular weight excluding hydrogens is 126 g/mol. The molecule has 0 aliphatic heterocycles. The molecule has 0 aromatic rings. The Morgan fingerprint density at radius 2 is 1.90 bits per heavy atom. The van der Waals surface area contributed by atoms with Crippen molar-refractivity contribution < 1.29 is 0 Å². The molecule has 2 unspecified atom stereocenters. The highest BCUT2D eigenvalue weighted by molar-refractivity contribution is 4.61. The molecule has 3 nitrogen and oxygen atoms in total. The molecule has 2 atom stereocenters. The van der Waals surface area contributed by atoms with Gasteiger partial charge in [-0.2, -0.15) is 0 Å². The van der Waals surface area contributed by atoms with Gasteiger partial charge in [0.15, 0.2) is 0 Å². The van der Waals surface area contributed by atoms with Crippen LogP contribution in [0, 0.1) is 5.92 Å². The molecule has 5 N–H and O–H groups in total. The fourth-order valence-corrected chi connectivity index (χ4v) is 0.641. The van der Waals surface area contributed by atoms with E-state index in [9.17, 15) is 0 Å². The van der Waals surface area contributed by atoms with Crippen molar-refractivity contribution in [3.63, 3.8) is 0 Å². The van der Waals surface area contributed by atoms with E-state index in [2.05, 4.69) is 12.2 Å². The van der Waals surface area contributed by atoms with Crippen molar-refractivity contribution in [3.05, 3.63) is 0 Å². The minimum absolute atomic E-state index is 0.241. The second-order valence-electron chi connectivity index (χ2n) is 2.98. The van der Waals surface area contributed by atoms with E-state index in [1.54, 1.807) is 0 Å². The van der Waals surface area contributed by atoms with E-state index >= 15 is 0 Å². The minimum Gasteiger partial charge on any atom is -0.330 e. The molecule has 0 fully saturated rings. The molecule has 62 valence electrons. The summed E-state index contributed by atoms with van der Waals surface area (Å²) in [5, 5.41) is 3.23. The van der Waals surface area contributed by atoms with Crippen LogP contribution in [0.1, 0.15) is 13.8 Å². The number of nitrogens with one attached hydrogen (secondary N) is 1. The van der Waals surface area contributed by atoms with Crippen LogP contribution in [-0.2, 0) is 0 Å². The minimum atomic E-state index is 0.241. The molecular formula is C7H19N3. The summed E-state index contributed by atoms with van der Waals surface area (Å²) >= 11 is 0. The summed E-state index contributed by atoms with van der Waals surface area (Å²) in [6.07, 6.45) is 0. The summed E-state index contributed by atoms with van der Waals surface area (Å²) in [5.74, 6) is 0.554. The number of hydrogen-bond donors (Lipinski definition) is 3. The molecule has 0 aliphatic rings. The van der Waals surface area contributed by atoms with Gasteiger partial charge >= 0.3 is 0 Å². The van der Waals surface area contributed by atoms with Gasteiger partial charge in [0.1, 0.15) is 0 Å². The molecule has 0 aromatic carbocycles. The summed E-state index contributed by atoms with van der Waals surface area (Å²) in [6, 6.07) is 0.241. The molecule has 0 aromatic heterocycles. The topological polar surface area (TPSA) is 64.1 Å². The van der Waals surface area contributed by atoms with Crippen molar-refractivity contribution >= 4 is 0 Å². The summed E-state index contributed by atoms with van der Waals surface area (Å²) in [6.45, 7) is 6.70. The van der Waals surface area contributed by atoms with E-state index in [0.717, 1.165) is 19.6 Å². The Bertz CT molecular complexity index is 73.3. The van der Waals surface area contributed by atoms with E-state index in [4.69, 9.17) is 11.5 Å². The Hall–Kier alpha value is -0.120. The van der Waals surface area contributed by atoms with E-state index < -0.39 is 0 Å². The maximum Gasteiger partial charge on any atom is 0.0136 e. The second-order valence-corrected chi connectivity index (χ2v) is 2.98. The highest BCUT2D eigenvalue weighted by atomic mass is 14.9. The van der Waals surface area contributed by atoms with Crippen molar-refractivity contribution in [2.45, 2.75) is 19.9 Å². The molecule has 3 heteroatoms. The molecule has 0 heterocycles. The van der Waals surface area contributed by atoms with Crippen LogP contribution in [0.3, 0.4) is 0 Å². The summed E-state index contributed by atoms with van der Waals surface area (Å²) < 4.78 is 0. The maximum absolute atomic E-state index is 5.53. The van der Waals surface area contributed by atoms with Crippen LogP contribution in [0.5, 0.6) is 0 Å². The second kappa shape index (κ2) is 5.65. The van der Waals surface area contributed by atoms with Crippen molar-refractivity contribution in [2.24, 2.45) is 17.4 Å². The van der Waals surface area contributed by atoms with Crippen molar-refractivity contribution in [1.29, 1.82) is 0 Å². The summed E-state index contributed by atoms with van der Waals surface area (Å²) in [7, 11) is 0. The van der Waals surface area contributed by atoms with Crippen molar-refractivity contribution in [3.8, 4) is 0 Å². The normalized spacial score (nSPS) is 16.8. The molecule has 0 bridgehead atoms. The van der Waals surface area contributed by atoms with Crippen LogP contribution < -0.4 is 16.8 Å². The number of nitrogens with two attached hydrogens (primary N) is 2. The SMILES string of the molecule is CC(N)CNCC(C)CN. The van der Waals surface area contributed by atoms with E-state index in [-0.39, 0.29) is 6.04 Å².